The van der Waals surface area contributed by atoms with Crippen molar-refractivity contribution in [3.05, 3.63) is 64.4 Å². The number of hydrogen-bond acceptors (Lipinski definition) is 2. The maximum Gasteiger partial charge on any atom is 0.124 e. The van der Waals surface area contributed by atoms with Crippen LogP contribution in [0.3, 0.4) is 0 Å². The van der Waals surface area contributed by atoms with Crippen molar-refractivity contribution in [2.45, 2.75) is 17.4 Å². The third-order valence-corrected chi connectivity index (χ3v) is 4.16. The van der Waals surface area contributed by atoms with E-state index in [-0.39, 0.29) is 11.9 Å². The predicted molar refractivity (Wildman–Crippen MR) is 80.3 cm³/mol. The van der Waals surface area contributed by atoms with Crippen LogP contribution in [-0.4, -0.2) is 6.26 Å². The molecule has 2 rings (SSSR count). The van der Waals surface area contributed by atoms with Gasteiger partial charge in [0.2, 0.25) is 0 Å². The van der Waals surface area contributed by atoms with Gasteiger partial charge in [0.15, 0.2) is 0 Å². The smallest absolute Gasteiger partial charge is 0.124 e. The number of nitrogens with two attached hydrogens (primary N) is 1. The lowest BCUT2D eigenvalue weighted by atomic mass is 9.99. The quantitative estimate of drug-likeness (QED) is 0.844. The second kappa shape index (κ2) is 6.42. The van der Waals surface area contributed by atoms with Gasteiger partial charge in [0.1, 0.15) is 5.82 Å². The summed E-state index contributed by atoms with van der Waals surface area (Å²) in [6, 6.07) is 12.3. The van der Waals surface area contributed by atoms with Crippen LogP contribution in [0, 0.1) is 5.82 Å². The number of benzene rings is 2. The maximum absolute atomic E-state index is 13.0. The summed E-state index contributed by atoms with van der Waals surface area (Å²) in [4.78, 5) is 1.16. The van der Waals surface area contributed by atoms with Gasteiger partial charge >= 0.3 is 0 Å². The molecule has 4 heteroatoms. The van der Waals surface area contributed by atoms with Crippen molar-refractivity contribution in [3.63, 3.8) is 0 Å². The highest BCUT2D eigenvalue weighted by Crippen LogP contribution is 2.28. The van der Waals surface area contributed by atoms with Gasteiger partial charge in [-0.05, 0) is 42.0 Å². The summed E-state index contributed by atoms with van der Waals surface area (Å²) in [7, 11) is 0. The van der Waals surface area contributed by atoms with E-state index in [0.29, 0.717) is 11.4 Å². The molecule has 0 spiro atoms. The molecule has 0 amide bonds. The summed E-state index contributed by atoms with van der Waals surface area (Å²) in [5, 5.41) is 0.428. The minimum absolute atomic E-state index is 0.147. The molecule has 0 aliphatic rings. The lowest BCUT2D eigenvalue weighted by molar-refractivity contribution is 0.625. The fourth-order valence-corrected chi connectivity index (χ4v) is 2.92. The normalized spacial score (nSPS) is 12.4. The van der Waals surface area contributed by atoms with Crippen molar-refractivity contribution in [2.24, 2.45) is 5.73 Å². The van der Waals surface area contributed by atoms with E-state index in [1.54, 1.807) is 17.8 Å². The van der Waals surface area contributed by atoms with Gasteiger partial charge in [0.25, 0.3) is 0 Å². The first-order chi connectivity index (χ1) is 9.11. The molecular weight excluding hydrogens is 281 g/mol. The van der Waals surface area contributed by atoms with Gasteiger partial charge in [0.05, 0.1) is 0 Å². The zero-order valence-electron chi connectivity index (χ0n) is 10.6. The molecule has 2 aromatic carbocycles. The summed E-state index contributed by atoms with van der Waals surface area (Å²) in [6.07, 6.45) is 2.62. The van der Waals surface area contributed by atoms with Crippen molar-refractivity contribution in [3.8, 4) is 0 Å². The molecule has 19 heavy (non-hydrogen) atoms. The van der Waals surface area contributed by atoms with E-state index in [9.17, 15) is 4.39 Å². The zero-order chi connectivity index (χ0) is 13.8. The van der Waals surface area contributed by atoms with E-state index in [0.717, 1.165) is 16.0 Å². The number of hydrogen-bond donors (Lipinski definition) is 1. The van der Waals surface area contributed by atoms with Crippen LogP contribution in [0.5, 0.6) is 0 Å². The molecule has 1 unspecified atom stereocenters. The first kappa shape index (κ1) is 14.4. The van der Waals surface area contributed by atoms with Crippen molar-refractivity contribution in [1.82, 2.24) is 0 Å². The number of halogens is 2. The van der Waals surface area contributed by atoms with Gasteiger partial charge in [-0.2, -0.15) is 0 Å². The Labute approximate surface area is 122 Å². The van der Waals surface area contributed by atoms with Crippen LogP contribution in [0.4, 0.5) is 4.39 Å². The van der Waals surface area contributed by atoms with E-state index in [4.69, 9.17) is 17.3 Å². The fraction of sp³-hybridized carbons (Fsp3) is 0.200. The van der Waals surface area contributed by atoms with Gasteiger partial charge in [-0.1, -0.05) is 35.9 Å². The molecule has 1 nitrogen and oxygen atoms in total. The summed E-state index contributed by atoms with van der Waals surface area (Å²) in [5.74, 6) is -0.327. The molecule has 0 aromatic heterocycles. The average molecular weight is 296 g/mol. The van der Waals surface area contributed by atoms with Gasteiger partial charge in [0, 0.05) is 16.0 Å². The highest BCUT2D eigenvalue weighted by molar-refractivity contribution is 7.98. The fourth-order valence-electron chi connectivity index (χ4n) is 2.01. The molecule has 100 valence electrons. The van der Waals surface area contributed by atoms with Gasteiger partial charge in [-0.3, -0.25) is 0 Å². The van der Waals surface area contributed by atoms with Crippen LogP contribution in [0.2, 0.25) is 5.02 Å². The van der Waals surface area contributed by atoms with Crippen LogP contribution >= 0.6 is 23.4 Å². The third kappa shape index (κ3) is 3.50. The monoisotopic (exact) mass is 295 g/mol. The molecule has 0 fully saturated rings. The lowest BCUT2D eigenvalue weighted by Crippen LogP contribution is -2.14. The average Bonchev–Trinajstić information content (AvgIpc) is 2.41. The van der Waals surface area contributed by atoms with Crippen molar-refractivity contribution >= 4 is 23.4 Å². The van der Waals surface area contributed by atoms with Crippen LogP contribution in [0.25, 0.3) is 0 Å². The van der Waals surface area contributed by atoms with Crippen molar-refractivity contribution in [1.29, 1.82) is 0 Å². The SMILES string of the molecule is CSc1ccccc1C(N)Cc1ccc(F)cc1Cl. The van der Waals surface area contributed by atoms with Crippen LogP contribution in [0.1, 0.15) is 17.2 Å². The molecule has 2 aromatic rings. The molecule has 2 N–H and O–H groups in total. The first-order valence-corrected chi connectivity index (χ1v) is 7.54. The first-order valence-electron chi connectivity index (χ1n) is 5.94. The summed E-state index contributed by atoms with van der Waals surface area (Å²) in [6.45, 7) is 0. The van der Waals surface area contributed by atoms with Gasteiger partial charge < -0.3 is 5.73 Å². The van der Waals surface area contributed by atoms with Crippen molar-refractivity contribution < 1.29 is 4.39 Å². The molecule has 0 radical (unpaired) electrons. The Bertz CT molecular complexity index is 574. The van der Waals surface area contributed by atoms with Gasteiger partial charge in [-0.15, -0.1) is 11.8 Å². The van der Waals surface area contributed by atoms with E-state index in [1.165, 1.54) is 12.1 Å². The largest absolute Gasteiger partial charge is 0.324 e. The van der Waals surface area contributed by atoms with Crippen LogP contribution in [0.15, 0.2) is 47.4 Å². The predicted octanol–water partition coefficient (Wildman–Crippen LogP) is 4.44. The van der Waals surface area contributed by atoms with Gasteiger partial charge in [-0.25, -0.2) is 4.39 Å². The Kier molecular flexibility index (Phi) is 4.86. The molecule has 1 atom stereocenters. The number of thioether (sulfide) groups is 1. The second-order valence-electron chi connectivity index (χ2n) is 4.29. The van der Waals surface area contributed by atoms with Crippen LogP contribution in [-0.2, 0) is 6.42 Å². The lowest BCUT2D eigenvalue weighted by Gasteiger charge is -2.16. The molecule has 0 heterocycles. The topological polar surface area (TPSA) is 26.0 Å². The molecular formula is C15H15ClFNS. The van der Waals surface area contributed by atoms with E-state index in [2.05, 4.69) is 0 Å². The summed E-state index contributed by atoms with van der Waals surface area (Å²) < 4.78 is 13.0. The Morgan fingerprint density at radius 1 is 1.26 bits per heavy atom. The zero-order valence-corrected chi connectivity index (χ0v) is 12.1. The highest BCUT2D eigenvalue weighted by atomic mass is 35.5. The molecule has 0 aliphatic carbocycles. The molecule has 0 saturated heterocycles. The standard InChI is InChI=1S/C15H15ClFNS/c1-19-15-5-3-2-4-12(15)14(18)8-10-6-7-11(17)9-13(10)16/h2-7,9,14H,8,18H2,1H3. The molecule has 0 saturated carbocycles. The van der Waals surface area contributed by atoms with E-state index in [1.807, 2.05) is 30.5 Å². The Balaban J connectivity index is 2.23. The molecule has 0 bridgehead atoms. The molecule has 0 aliphatic heterocycles. The van der Waals surface area contributed by atoms with Crippen LogP contribution < -0.4 is 5.73 Å². The third-order valence-electron chi connectivity index (χ3n) is 2.99. The Morgan fingerprint density at radius 3 is 2.68 bits per heavy atom. The summed E-state index contributed by atoms with van der Waals surface area (Å²) >= 11 is 7.70. The highest BCUT2D eigenvalue weighted by Gasteiger charge is 2.13. The van der Waals surface area contributed by atoms with E-state index >= 15 is 0 Å². The second-order valence-corrected chi connectivity index (χ2v) is 5.54. The summed E-state index contributed by atoms with van der Waals surface area (Å²) in [5.41, 5.74) is 8.20. The Hall–Kier alpha value is -1.03. The minimum Gasteiger partial charge on any atom is -0.324 e. The number of rotatable bonds is 4. The maximum atomic E-state index is 13.0. The van der Waals surface area contributed by atoms with Crippen molar-refractivity contribution in [2.75, 3.05) is 6.26 Å². The minimum atomic E-state index is -0.327. The Morgan fingerprint density at radius 2 is 2.00 bits per heavy atom. The van der Waals surface area contributed by atoms with E-state index < -0.39 is 0 Å².